The molecule has 0 heterocycles. The van der Waals surface area contributed by atoms with Gasteiger partial charge in [0.1, 0.15) is 0 Å². The molecule has 0 amide bonds. The summed E-state index contributed by atoms with van der Waals surface area (Å²) in [7, 11) is 0. The van der Waals surface area contributed by atoms with Crippen molar-refractivity contribution in [2.24, 2.45) is 5.92 Å². The minimum absolute atomic E-state index is 0.0933. The molecule has 1 N–H and O–H groups in total. The van der Waals surface area contributed by atoms with Gasteiger partial charge in [0.25, 0.3) is 0 Å². The van der Waals surface area contributed by atoms with Crippen LogP contribution in [0.5, 0.6) is 0 Å². The average molecular weight is 369 g/mol. The van der Waals surface area contributed by atoms with Gasteiger partial charge >= 0.3 is 5.97 Å². The first kappa shape index (κ1) is 25.5. The smallest absolute Gasteiger partial charge is 0.306 e. The average Bonchev–Trinajstić information content (AvgIpc) is 2.63. The maximum atomic E-state index is 11.3. The van der Waals surface area contributed by atoms with Gasteiger partial charge in [0.15, 0.2) is 0 Å². The SMILES string of the molecule is CCCCCCCCCCCCCCCCC(CCCCCC)C(=O)O. The van der Waals surface area contributed by atoms with Crippen LogP contribution in [-0.4, -0.2) is 11.1 Å². The molecule has 0 fully saturated rings. The lowest BCUT2D eigenvalue weighted by Gasteiger charge is -2.12. The number of carboxylic acids is 1. The molecule has 156 valence electrons. The third-order valence-corrected chi connectivity index (χ3v) is 5.66. The minimum atomic E-state index is -0.573. The maximum Gasteiger partial charge on any atom is 0.306 e. The summed E-state index contributed by atoms with van der Waals surface area (Å²) in [5.41, 5.74) is 0. The summed E-state index contributed by atoms with van der Waals surface area (Å²) in [4.78, 5) is 11.3. The molecule has 0 radical (unpaired) electrons. The van der Waals surface area contributed by atoms with Crippen molar-refractivity contribution in [3.8, 4) is 0 Å². The highest BCUT2D eigenvalue weighted by Gasteiger charge is 2.16. The van der Waals surface area contributed by atoms with Gasteiger partial charge in [0.2, 0.25) is 0 Å². The lowest BCUT2D eigenvalue weighted by molar-refractivity contribution is -0.142. The van der Waals surface area contributed by atoms with E-state index < -0.39 is 5.97 Å². The molecular weight excluding hydrogens is 320 g/mol. The Morgan fingerprint density at radius 1 is 0.538 bits per heavy atom. The van der Waals surface area contributed by atoms with Crippen LogP contribution in [-0.2, 0) is 4.79 Å². The lowest BCUT2D eigenvalue weighted by Crippen LogP contribution is -2.13. The van der Waals surface area contributed by atoms with Crippen molar-refractivity contribution in [3.05, 3.63) is 0 Å². The molecule has 0 aliphatic carbocycles. The molecule has 0 aromatic carbocycles. The van der Waals surface area contributed by atoms with E-state index in [9.17, 15) is 9.90 Å². The van der Waals surface area contributed by atoms with E-state index in [1.165, 1.54) is 103 Å². The Bertz CT molecular complexity index is 288. The van der Waals surface area contributed by atoms with Gasteiger partial charge in [-0.15, -0.1) is 0 Å². The van der Waals surface area contributed by atoms with E-state index in [1.54, 1.807) is 0 Å². The first-order valence-electron chi connectivity index (χ1n) is 11.9. The molecule has 2 nitrogen and oxygen atoms in total. The molecule has 2 heteroatoms. The summed E-state index contributed by atoms with van der Waals surface area (Å²) < 4.78 is 0. The Labute approximate surface area is 164 Å². The second-order valence-electron chi connectivity index (χ2n) is 8.27. The van der Waals surface area contributed by atoms with E-state index in [0.717, 1.165) is 25.7 Å². The third kappa shape index (κ3) is 18.3. The zero-order valence-corrected chi connectivity index (χ0v) is 18.1. The number of rotatable bonds is 21. The van der Waals surface area contributed by atoms with Crippen LogP contribution < -0.4 is 0 Å². The van der Waals surface area contributed by atoms with E-state index in [0.29, 0.717) is 0 Å². The van der Waals surface area contributed by atoms with Crippen molar-refractivity contribution in [3.63, 3.8) is 0 Å². The molecule has 0 spiro atoms. The van der Waals surface area contributed by atoms with E-state index in [2.05, 4.69) is 13.8 Å². The number of carboxylic acid groups (broad SMARTS) is 1. The van der Waals surface area contributed by atoms with Gasteiger partial charge in [-0.2, -0.15) is 0 Å². The molecule has 0 aromatic rings. The minimum Gasteiger partial charge on any atom is -0.481 e. The first-order valence-corrected chi connectivity index (χ1v) is 11.9. The zero-order chi connectivity index (χ0) is 19.3. The summed E-state index contributed by atoms with van der Waals surface area (Å²) in [6.07, 6.45) is 25.5. The number of hydrogen-bond acceptors (Lipinski definition) is 1. The van der Waals surface area contributed by atoms with Crippen molar-refractivity contribution in [1.82, 2.24) is 0 Å². The molecule has 0 bridgehead atoms. The topological polar surface area (TPSA) is 37.3 Å². The van der Waals surface area contributed by atoms with Crippen LogP contribution in [0.15, 0.2) is 0 Å². The van der Waals surface area contributed by atoms with E-state index in [-0.39, 0.29) is 5.92 Å². The largest absolute Gasteiger partial charge is 0.481 e. The van der Waals surface area contributed by atoms with Crippen LogP contribution in [0.4, 0.5) is 0 Å². The molecule has 0 saturated carbocycles. The highest BCUT2D eigenvalue weighted by Crippen LogP contribution is 2.19. The molecule has 0 aromatic heterocycles. The lowest BCUT2D eigenvalue weighted by atomic mass is 9.94. The van der Waals surface area contributed by atoms with Crippen molar-refractivity contribution in [2.45, 2.75) is 142 Å². The number of carbonyl (C=O) groups is 1. The van der Waals surface area contributed by atoms with Crippen molar-refractivity contribution >= 4 is 5.97 Å². The Morgan fingerprint density at radius 3 is 1.12 bits per heavy atom. The normalized spacial score (nSPS) is 12.4. The van der Waals surface area contributed by atoms with Crippen molar-refractivity contribution < 1.29 is 9.90 Å². The van der Waals surface area contributed by atoms with Crippen LogP contribution in [0.3, 0.4) is 0 Å². The van der Waals surface area contributed by atoms with Gasteiger partial charge in [-0.25, -0.2) is 0 Å². The van der Waals surface area contributed by atoms with Gasteiger partial charge in [-0.05, 0) is 12.8 Å². The van der Waals surface area contributed by atoms with Gasteiger partial charge in [-0.3, -0.25) is 4.79 Å². The molecular formula is C24H48O2. The fourth-order valence-corrected chi connectivity index (χ4v) is 3.79. The third-order valence-electron chi connectivity index (χ3n) is 5.66. The molecule has 1 atom stereocenters. The second-order valence-corrected chi connectivity index (χ2v) is 8.27. The standard InChI is InChI=1S/C24H48O2/c1-3-5-7-9-10-11-12-13-14-15-16-17-18-20-22-23(24(25)26)21-19-8-6-4-2/h23H,3-22H2,1-2H3,(H,25,26). The fourth-order valence-electron chi connectivity index (χ4n) is 3.79. The van der Waals surface area contributed by atoms with Gasteiger partial charge in [0.05, 0.1) is 5.92 Å². The number of unbranched alkanes of at least 4 members (excludes halogenated alkanes) is 16. The molecule has 0 rings (SSSR count). The summed E-state index contributed by atoms with van der Waals surface area (Å²) in [6, 6.07) is 0. The molecule has 0 aliphatic heterocycles. The van der Waals surface area contributed by atoms with Gasteiger partial charge < -0.3 is 5.11 Å². The first-order chi connectivity index (χ1) is 12.7. The van der Waals surface area contributed by atoms with Crippen molar-refractivity contribution in [2.75, 3.05) is 0 Å². The molecule has 0 aliphatic rings. The Hall–Kier alpha value is -0.530. The Morgan fingerprint density at radius 2 is 0.808 bits per heavy atom. The van der Waals surface area contributed by atoms with Crippen LogP contribution in [0.1, 0.15) is 142 Å². The van der Waals surface area contributed by atoms with Crippen LogP contribution in [0.2, 0.25) is 0 Å². The molecule has 26 heavy (non-hydrogen) atoms. The monoisotopic (exact) mass is 368 g/mol. The summed E-state index contributed by atoms with van der Waals surface area (Å²) in [6.45, 7) is 4.47. The fraction of sp³-hybridized carbons (Fsp3) is 0.958. The Kier molecular flexibility index (Phi) is 20.4. The van der Waals surface area contributed by atoms with Gasteiger partial charge in [0, 0.05) is 0 Å². The predicted octanol–water partition coefficient (Wildman–Crippen LogP) is 8.53. The highest BCUT2D eigenvalue weighted by molar-refractivity contribution is 5.69. The van der Waals surface area contributed by atoms with E-state index in [4.69, 9.17) is 0 Å². The number of aliphatic carboxylic acids is 1. The van der Waals surface area contributed by atoms with Crippen molar-refractivity contribution in [1.29, 1.82) is 0 Å². The number of hydrogen-bond donors (Lipinski definition) is 1. The predicted molar refractivity (Wildman–Crippen MR) is 115 cm³/mol. The summed E-state index contributed by atoms with van der Waals surface area (Å²) >= 11 is 0. The van der Waals surface area contributed by atoms with Gasteiger partial charge in [-0.1, -0.05) is 129 Å². The maximum absolute atomic E-state index is 11.3. The highest BCUT2D eigenvalue weighted by atomic mass is 16.4. The summed E-state index contributed by atoms with van der Waals surface area (Å²) in [5.74, 6) is -0.666. The van der Waals surface area contributed by atoms with Crippen LogP contribution in [0.25, 0.3) is 0 Å². The Balaban J connectivity index is 3.33. The van der Waals surface area contributed by atoms with E-state index in [1.807, 2.05) is 0 Å². The van der Waals surface area contributed by atoms with Crippen LogP contribution in [0, 0.1) is 5.92 Å². The molecule has 0 saturated heterocycles. The second kappa shape index (κ2) is 20.8. The zero-order valence-electron chi connectivity index (χ0n) is 18.1. The summed E-state index contributed by atoms with van der Waals surface area (Å²) in [5, 5.41) is 9.33. The molecule has 1 unspecified atom stereocenters. The van der Waals surface area contributed by atoms with E-state index >= 15 is 0 Å². The quantitative estimate of drug-likeness (QED) is 0.206. The van der Waals surface area contributed by atoms with Crippen LogP contribution >= 0.6 is 0 Å².